The van der Waals surface area contributed by atoms with Gasteiger partial charge in [-0.2, -0.15) is 0 Å². The third kappa shape index (κ3) is 4.56. The maximum absolute atomic E-state index is 4.19. The predicted octanol–water partition coefficient (Wildman–Crippen LogP) is 2.22. The minimum Gasteiger partial charge on any atom is -0.370 e. The van der Waals surface area contributed by atoms with E-state index in [-0.39, 0.29) is 0 Å². The van der Waals surface area contributed by atoms with Crippen LogP contribution in [-0.4, -0.2) is 34.6 Å². The first kappa shape index (κ1) is 15.5. The zero-order valence-corrected chi connectivity index (χ0v) is 13.2. The smallest absolute Gasteiger partial charge is 0.0964 e. The van der Waals surface area contributed by atoms with Gasteiger partial charge in [0.15, 0.2) is 0 Å². The van der Waals surface area contributed by atoms with Crippen LogP contribution in [0.5, 0.6) is 0 Å². The van der Waals surface area contributed by atoms with Gasteiger partial charge < -0.3 is 10.2 Å². The number of nitrogens with one attached hydrogen (secondary N) is 1. The first-order chi connectivity index (χ1) is 10.2. The lowest BCUT2D eigenvalue weighted by molar-refractivity contribution is 0.578. The molecule has 0 saturated carbocycles. The topological polar surface area (TPSA) is 46.0 Å². The monoisotopic (exact) mass is 287 g/mol. The van der Waals surface area contributed by atoms with Crippen LogP contribution in [0.2, 0.25) is 0 Å². The van der Waals surface area contributed by atoms with Gasteiger partial charge in [0, 0.05) is 31.5 Å². The van der Waals surface area contributed by atoms with Crippen molar-refractivity contribution in [3.63, 3.8) is 0 Å². The Hall–Kier alpha value is -1.88. The van der Waals surface area contributed by atoms with E-state index in [9.17, 15) is 0 Å². The van der Waals surface area contributed by atoms with Gasteiger partial charge in [0.2, 0.25) is 0 Å². The molecule has 0 amide bonds. The highest BCUT2D eigenvalue weighted by Gasteiger charge is 2.06. The summed E-state index contributed by atoms with van der Waals surface area (Å²) in [7, 11) is 0. The third-order valence-corrected chi connectivity index (χ3v) is 3.49. The van der Waals surface area contributed by atoms with Crippen molar-refractivity contribution in [3.8, 4) is 0 Å². The van der Waals surface area contributed by atoms with Gasteiger partial charge in [0.25, 0.3) is 0 Å². The summed E-state index contributed by atoms with van der Waals surface area (Å²) >= 11 is 0. The summed E-state index contributed by atoms with van der Waals surface area (Å²) in [6.45, 7) is 10.9. The van der Waals surface area contributed by atoms with Gasteiger partial charge in [-0.3, -0.25) is 4.68 Å². The molecule has 114 valence electrons. The second kappa shape index (κ2) is 7.78. The molecule has 1 aromatic carbocycles. The van der Waals surface area contributed by atoms with Gasteiger partial charge in [0.1, 0.15) is 0 Å². The number of aromatic nitrogens is 3. The molecule has 0 bridgehead atoms. The Kier molecular flexibility index (Phi) is 5.75. The molecule has 1 N–H and O–H groups in total. The van der Waals surface area contributed by atoms with Gasteiger partial charge in [-0.1, -0.05) is 24.3 Å². The SMILES string of the molecule is CCNCc1cn(CCN(CC)c2cccc(C)c2)nn1. The fraction of sp³-hybridized carbons (Fsp3) is 0.500. The zero-order valence-electron chi connectivity index (χ0n) is 13.2. The molecule has 0 spiro atoms. The maximum Gasteiger partial charge on any atom is 0.0964 e. The van der Waals surface area contributed by atoms with Crippen LogP contribution in [0.3, 0.4) is 0 Å². The molecule has 0 unspecified atom stereocenters. The lowest BCUT2D eigenvalue weighted by atomic mass is 10.2. The summed E-state index contributed by atoms with van der Waals surface area (Å²) < 4.78 is 1.92. The highest BCUT2D eigenvalue weighted by atomic mass is 15.4. The summed E-state index contributed by atoms with van der Waals surface area (Å²) in [4.78, 5) is 2.36. The van der Waals surface area contributed by atoms with Crippen LogP contribution in [0.1, 0.15) is 25.1 Å². The highest BCUT2D eigenvalue weighted by Crippen LogP contribution is 2.15. The molecule has 5 nitrogen and oxygen atoms in total. The molecule has 0 fully saturated rings. The van der Waals surface area contributed by atoms with Gasteiger partial charge in [0.05, 0.1) is 12.2 Å². The van der Waals surface area contributed by atoms with E-state index in [1.54, 1.807) is 0 Å². The minimum absolute atomic E-state index is 0.784. The predicted molar refractivity (Wildman–Crippen MR) is 86.5 cm³/mol. The Morgan fingerprint density at radius 3 is 2.86 bits per heavy atom. The fourth-order valence-corrected chi connectivity index (χ4v) is 2.30. The fourth-order valence-electron chi connectivity index (χ4n) is 2.30. The Balaban J connectivity index is 1.92. The Morgan fingerprint density at radius 1 is 1.29 bits per heavy atom. The zero-order chi connectivity index (χ0) is 15.1. The second-order valence-corrected chi connectivity index (χ2v) is 5.17. The van der Waals surface area contributed by atoms with Crippen LogP contribution in [-0.2, 0) is 13.1 Å². The second-order valence-electron chi connectivity index (χ2n) is 5.17. The number of likely N-dealkylation sites (N-methyl/N-ethyl adjacent to an activating group) is 1. The van der Waals surface area contributed by atoms with E-state index in [4.69, 9.17) is 0 Å². The van der Waals surface area contributed by atoms with Crippen LogP contribution in [0, 0.1) is 6.92 Å². The molecule has 0 aliphatic carbocycles. The molecule has 0 aliphatic heterocycles. The van der Waals surface area contributed by atoms with Crippen LogP contribution < -0.4 is 10.2 Å². The van der Waals surface area contributed by atoms with Crippen molar-refractivity contribution in [2.45, 2.75) is 33.9 Å². The van der Waals surface area contributed by atoms with Crippen LogP contribution >= 0.6 is 0 Å². The average molecular weight is 287 g/mol. The average Bonchev–Trinajstić information content (AvgIpc) is 2.94. The summed E-state index contributed by atoms with van der Waals surface area (Å²) in [6.07, 6.45) is 2.02. The maximum atomic E-state index is 4.19. The molecule has 5 heteroatoms. The Labute approximate surface area is 127 Å². The van der Waals surface area contributed by atoms with Crippen molar-refractivity contribution >= 4 is 5.69 Å². The van der Waals surface area contributed by atoms with Gasteiger partial charge in [-0.05, 0) is 38.1 Å². The van der Waals surface area contributed by atoms with E-state index in [0.29, 0.717) is 0 Å². The minimum atomic E-state index is 0.784. The Bertz CT molecular complexity index is 549. The van der Waals surface area contributed by atoms with Gasteiger partial charge in [-0.25, -0.2) is 0 Å². The van der Waals surface area contributed by atoms with E-state index >= 15 is 0 Å². The number of hydrogen-bond donors (Lipinski definition) is 1. The van der Waals surface area contributed by atoms with Crippen molar-refractivity contribution in [1.29, 1.82) is 0 Å². The van der Waals surface area contributed by atoms with Crippen LogP contribution in [0.4, 0.5) is 5.69 Å². The summed E-state index contributed by atoms with van der Waals surface area (Å²) in [5, 5.41) is 11.6. The number of hydrogen-bond acceptors (Lipinski definition) is 4. The van der Waals surface area contributed by atoms with Crippen LogP contribution in [0.15, 0.2) is 30.5 Å². The highest BCUT2D eigenvalue weighted by molar-refractivity contribution is 5.48. The first-order valence-electron chi connectivity index (χ1n) is 7.64. The Morgan fingerprint density at radius 2 is 2.14 bits per heavy atom. The van der Waals surface area contributed by atoms with E-state index in [0.717, 1.165) is 38.4 Å². The van der Waals surface area contributed by atoms with Crippen molar-refractivity contribution < 1.29 is 0 Å². The molecule has 1 aromatic heterocycles. The van der Waals surface area contributed by atoms with Crippen molar-refractivity contribution in [2.75, 3.05) is 24.5 Å². The molecule has 1 heterocycles. The summed E-state index contributed by atoms with van der Waals surface area (Å²) in [5.41, 5.74) is 3.56. The largest absolute Gasteiger partial charge is 0.370 e. The quantitative estimate of drug-likeness (QED) is 0.808. The standard InChI is InChI=1S/C16H25N5/c1-4-17-12-15-13-21(19-18-15)10-9-20(5-2)16-8-6-7-14(3)11-16/h6-8,11,13,17H,4-5,9-10,12H2,1-3H3. The molecule has 2 rings (SSSR count). The van der Waals surface area contributed by atoms with Crippen molar-refractivity contribution in [3.05, 3.63) is 41.7 Å². The summed E-state index contributed by atoms with van der Waals surface area (Å²) in [6, 6.07) is 8.62. The molecule has 0 aliphatic rings. The number of rotatable bonds is 8. The molecule has 2 aromatic rings. The molecule has 21 heavy (non-hydrogen) atoms. The van der Waals surface area contributed by atoms with E-state index < -0.39 is 0 Å². The van der Waals surface area contributed by atoms with E-state index in [1.165, 1.54) is 11.3 Å². The van der Waals surface area contributed by atoms with Crippen LogP contribution in [0.25, 0.3) is 0 Å². The molecule has 0 radical (unpaired) electrons. The van der Waals surface area contributed by atoms with E-state index in [2.05, 4.69) is 65.6 Å². The molecule has 0 saturated heterocycles. The van der Waals surface area contributed by atoms with Crippen molar-refractivity contribution in [2.24, 2.45) is 0 Å². The lowest BCUT2D eigenvalue weighted by Crippen LogP contribution is -2.27. The summed E-state index contributed by atoms with van der Waals surface area (Å²) in [5.74, 6) is 0. The molecule has 0 atom stereocenters. The first-order valence-corrected chi connectivity index (χ1v) is 7.64. The lowest BCUT2D eigenvalue weighted by Gasteiger charge is -2.23. The van der Waals surface area contributed by atoms with Crippen molar-refractivity contribution in [1.82, 2.24) is 20.3 Å². The van der Waals surface area contributed by atoms with Gasteiger partial charge >= 0.3 is 0 Å². The number of benzene rings is 1. The molecular weight excluding hydrogens is 262 g/mol. The number of aryl methyl sites for hydroxylation is 1. The molecular formula is C16H25N5. The number of nitrogens with zero attached hydrogens (tertiary/aromatic N) is 4. The van der Waals surface area contributed by atoms with Gasteiger partial charge in [-0.15, -0.1) is 5.10 Å². The number of anilines is 1. The normalized spacial score (nSPS) is 10.8. The van der Waals surface area contributed by atoms with E-state index in [1.807, 2.05) is 10.9 Å². The third-order valence-electron chi connectivity index (χ3n) is 3.49.